The van der Waals surface area contributed by atoms with E-state index in [0.29, 0.717) is 6.42 Å². The lowest BCUT2D eigenvalue weighted by Crippen LogP contribution is -2.47. The van der Waals surface area contributed by atoms with Gasteiger partial charge in [-0.15, -0.1) is 0 Å². The van der Waals surface area contributed by atoms with Crippen molar-refractivity contribution in [3.63, 3.8) is 0 Å². The molecule has 94 valence electrons. The van der Waals surface area contributed by atoms with E-state index in [2.05, 4.69) is 0 Å². The Hall–Kier alpha value is -0.840. The molecule has 16 heavy (non-hydrogen) atoms. The standard InChI is InChI=1S/C11H21FN2O2/c1-7(13)9-5-8(12)6-14(9)10(15)16-11(2,3)4/h7-9H,5-6,13H2,1-4H3/t7-,8+,9+/m1/s1. The number of amides is 1. The largest absolute Gasteiger partial charge is 0.444 e. The number of hydrogen-bond acceptors (Lipinski definition) is 3. The van der Waals surface area contributed by atoms with Crippen LogP contribution in [0.4, 0.5) is 9.18 Å². The van der Waals surface area contributed by atoms with Gasteiger partial charge in [-0.05, 0) is 27.7 Å². The minimum absolute atomic E-state index is 0.0844. The summed E-state index contributed by atoms with van der Waals surface area (Å²) >= 11 is 0. The highest BCUT2D eigenvalue weighted by atomic mass is 19.1. The highest BCUT2D eigenvalue weighted by Crippen LogP contribution is 2.24. The maximum atomic E-state index is 13.3. The van der Waals surface area contributed by atoms with Gasteiger partial charge in [0.1, 0.15) is 11.8 Å². The maximum Gasteiger partial charge on any atom is 0.410 e. The van der Waals surface area contributed by atoms with E-state index in [9.17, 15) is 9.18 Å². The molecule has 4 nitrogen and oxygen atoms in total. The normalized spacial score (nSPS) is 28.0. The van der Waals surface area contributed by atoms with Crippen molar-refractivity contribution >= 4 is 6.09 Å². The summed E-state index contributed by atoms with van der Waals surface area (Å²) in [6, 6.07) is -0.502. The number of alkyl halides is 1. The van der Waals surface area contributed by atoms with Gasteiger partial charge in [0.25, 0.3) is 0 Å². The van der Waals surface area contributed by atoms with Crippen molar-refractivity contribution in [3.8, 4) is 0 Å². The molecule has 5 heteroatoms. The van der Waals surface area contributed by atoms with Gasteiger partial charge >= 0.3 is 6.09 Å². The van der Waals surface area contributed by atoms with Crippen LogP contribution in [0.1, 0.15) is 34.1 Å². The van der Waals surface area contributed by atoms with Crippen LogP contribution in [0, 0.1) is 0 Å². The fraction of sp³-hybridized carbons (Fsp3) is 0.909. The summed E-state index contributed by atoms with van der Waals surface area (Å²) in [4.78, 5) is 13.2. The maximum absolute atomic E-state index is 13.3. The average Bonchev–Trinajstić information content (AvgIpc) is 2.44. The van der Waals surface area contributed by atoms with Crippen LogP contribution in [-0.4, -0.2) is 41.4 Å². The van der Waals surface area contributed by atoms with Crippen LogP contribution >= 0.6 is 0 Å². The monoisotopic (exact) mass is 232 g/mol. The lowest BCUT2D eigenvalue weighted by atomic mass is 10.1. The predicted molar refractivity (Wildman–Crippen MR) is 59.9 cm³/mol. The molecule has 3 atom stereocenters. The number of hydrogen-bond donors (Lipinski definition) is 1. The lowest BCUT2D eigenvalue weighted by molar-refractivity contribution is 0.0203. The van der Waals surface area contributed by atoms with Gasteiger partial charge in [-0.3, -0.25) is 0 Å². The SMILES string of the molecule is C[C@@H](N)[C@@H]1C[C@H](F)CN1C(=O)OC(C)(C)C. The number of rotatable bonds is 1. The summed E-state index contributed by atoms with van der Waals surface area (Å²) < 4.78 is 18.5. The number of nitrogens with zero attached hydrogens (tertiary/aromatic N) is 1. The topological polar surface area (TPSA) is 55.6 Å². The van der Waals surface area contributed by atoms with Crippen LogP contribution in [0.25, 0.3) is 0 Å². The minimum atomic E-state index is -0.997. The zero-order valence-corrected chi connectivity index (χ0v) is 10.4. The van der Waals surface area contributed by atoms with Crippen molar-refractivity contribution in [1.82, 2.24) is 4.90 Å². The number of likely N-dealkylation sites (tertiary alicyclic amines) is 1. The zero-order chi connectivity index (χ0) is 12.5. The summed E-state index contributed by atoms with van der Waals surface area (Å²) in [5.41, 5.74) is 5.17. The minimum Gasteiger partial charge on any atom is -0.444 e. The summed E-state index contributed by atoms with van der Waals surface area (Å²) in [5.74, 6) is 0. The number of ether oxygens (including phenoxy) is 1. The highest BCUT2D eigenvalue weighted by molar-refractivity contribution is 5.69. The van der Waals surface area contributed by atoms with Gasteiger partial charge in [-0.1, -0.05) is 0 Å². The van der Waals surface area contributed by atoms with Crippen LogP contribution in [0.5, 0.6) is 0 Å². The van der Waals surface area contributed by atoms with E-state index in [0.717, 1.165) is 0 Å². The second-order valence-corrected chi connectivity index (χ2v) is 5.39. The Labute approximate surface area is 95.9 Å². The summed E-state index contributed by atoms with van der Waals surface area (Å²) in [5, 5.41) is 0. The number of carbonyl (C=O) groups is 1. The van der Waals surface area contributed by atoms with E-state index < -0.39 is 17.9 Å². The van der Waals surface area contributed by atoms with Crippen molar-refractivity contribution in [1.29, 1.82) is 0 Å². The fourth-order valence-corrected chi connectivity index (χ4v) is 1.84. The Morgan fingerprint density at radius 1 is 1.56 bits per heavy atom. The Bertz CT molecular complexity index is 263. The molecule has 1 heterocycles. The van der Waals surface area contributed by atoms with Gasteiger partial charge in [0.15, 0.2) is 0 Å². The quantitative estimate of drug-likeness (QED) is 0.748. The third-order valence-electron chi connectivity index (χ3n) is 2.53. The average molecular weight is 232 g/mol. The van der Waals surface area contributed by atoms with Gasteiger partial charge in [-0.2, -0.15) is 0 Å². The molecule has 1 fully saturated rings. The highest BCUT2D eigenvalue weighted by Gasteiger charge is 2.39. The molecule has 0 aromatic rings. The molecule has 0 bridgehead atoms. The number of nitrogens with two attached hydrogens (primary N) is 1. The van der Waals surface area contributed by atoms with Gasteiger partial charge in [-0.25, -0.2) is 9.18 Å². The van der Waals surface area contributed by atoms with Crippen LogP contribution < -0.4 is 5.73 Å². The lowest BCUT2D eigenvalue weighted by Gasteiger charge is -2.29. The van der Waals surface area contributed by atoms with E-state index in [-0.39, 0.29) is 18.6 Å². The van der Waals surface area contributed by atoms with Crippen LogP contribution in [-0.2, 0) is 4.74 Å². The molecule has 0 aromatic carbocycles. The molecule has 0 aromatic heterocycles. The van der Waals surface area contributed by atoms with Crippen molar-refractivity contribution in [3.05, 3.63) is 0 Å². The van der Waals surface area contributed by atoms with E-state index >= 15 is 0 Å². The molecule has 0 unspecified atom stereocenters. The van der Waals surface area contributed by atoms with Gasteiger partial charge in [0, 0.05) is 12.5 Å². The molecule has 1 saturated heterocycles. The first-order valence-corrected chi connectivity index (χ1v) is 5.60. The first-order valence-electron chi connectivity index (χ1n) is 5.60. The molecular weight excluding hydrogens is 211 g/mol. The summed E-state index contributed by atoms with van der Waals surface area (Å²) in [6.45, 7) is 7.22. The molecule has 1 aliphatic heterocycles. The zero-order valence-electron chi connectivity index (χ0n) is 10.4. The molecule has 1 amide bonds. The van der Waals surface area contributed by atoms with Gasteiger partial charge in [0.05, 0.1) is 12.6 Å². The summed E-state index contributed by atoms with van der Waals surface area (Å²) in [7, 11) is 0. The second kappa shape index (κ2) is 4.57. The van der Waals surface area contributed by atoms with Gasteiger partial charge < -0.3 is 15.4 Å². The van der Waals surface area contributed by atoms with E-state index in [1.165, 1.54) is 4.90 Å². The first kappa shape index (κ1) is 13.2. The molecule has 0 radical (unpaired) electrons. The molecular formula is C11H21FN2O2. The molecule has 0 aliphatic carbocycles. The third kappa shape index (κ3) is 3.33. The van der Waals surface area contributed by atoms with Crippen LogP contribution in [0.15, 0.2) is 0 Å². The van der Waals surface area contributed by atoms with Crippen LogP contribution in [0.2, 0.25) is 0 Å². The Morgan fingerprint density at radius 3 is 2.56 bits per heavy atom. The Morgan fingerprint density at radius 2 is 2.12 bits per heavy atom. The van der Waals surface area contributed by atoms with E-state index in [1.807, 2.05) is 0 Å². The number of halogens is 1. The molecule has 0 spiro atoms. The Kier molecular flexibility index (Phi) is 3.78. The molecule has 1 aliphatic rings. The van der Waals surface area contributed by atoms with Gasteiger partial charge in [0.2, 0.25) is 0 Å². The molecule has 0 saturated carbocycles. The van der Waals surface area contributed by atoms with Crippen molar-refractivity contribution < 1.29 is 13.9 Å². The molecule has 1 rings (SSSR count). The van der Waals surface area contributed by atoms with Crippen molar-refractivity contribution in [2.45, 2.75) is 58.0 Å². The van der Waals surface area contributed by atoms with E-state index in [1.54, 1.807) is 27.7 Å². The third-order valence-corrected chi connectivity index (χ3v) is 2.53. The van der Waals surface area contributed by atoms with Crippen molar-refractivity contribution in [2.24, 2.45) is 5.73 Å². The number of carbonyl (C=O) groups excluding carboxylic acids is 1. The van der Waals surface area contributed by atoms with Crippen LogP contribution in [0.3, 0.4) is 0 Å². The predicted octanol–water partition coefficient (Wildman–Crippen LogP) is 1.68. The smallest absolute Gasteiger partial charge is 0.410 e. The van der Waals surface area contributed by atoms with Crippen molar-refractivity contribution in [2.75, 3.05) is 6.54 Å². The second-order valence-electron chi connectivity index (χ2n) is 5.39. The summed E-state index contributed by atoms with van der Waals surface area (Å²) in [6.07, 6.45) is -1.17. The molecule has 2 N–H and O–H groups in total. The van der Waals surface area contributed by atoms with E-state index in [4.69, 9.17) is 10.5 Å². The fourth-order valence-electron chi connectivity index (χ4n) is 1.84. The first-order chi connectivity index (χ1) is 7.20. The Balaban J connectivity index is 2.67.